The number of carbonyl (C=O) groups is 1. The van der Waals surface area contributed by atoms with E-state index in [1.54, 1.807) is 16.9 Å². The van der Waals surface area contributed by atoms with E-state index >= 15 is 0 Å². The Morgan fingerprint density at radius 3 is 2.19 bits per heavy atom. The predicted octanol–water partition coefficient (Wildman–Crippen LogP) is 3.55. The average molecular weight is 401 g/mol. The summed E-state index contributed by atoms with van der Waals surface area (Å²) in [4.78, 5) is 12.1. The molecule has 0 aliphatic rings. The fraction of sp³-hybridized carbons (Fsp3) is 0.278. The zero-order valence-electron chi connectivity index (χ0n) is 14.6. The number of halogens is 3. The van der Waals surface area contributed by atoms with E-state index < -0.39 is 28.7 Å². The molecule has 0 aromatic heterocycles. The molecule has 2 rings (SSSR count). The van der Waals surface area contributed by atoms with Crippen molar-refractivity contribution in [1.29, 1.82) is 0 Å². The van der Waals surface area contributed by atoms with E-state index in [4.69, 9.17) is 4.74 Å². The van der Waals surface area contributed by atoms with Crippen molar-refractivity contribution in [1.82, 2.24) is 4.72 Å². The molecule has 5 nitrogen and oxygen atoms in total. The highest BCUT2D eigenvalue weighted by Crippen LogP contribution is 2.29. The van der Waals surface area contributed by atoms with Crippen LogP contribution >= 0.6 is 0 Å². The Hall–Kier alpha value is -2.55. The molecular formula is C18H18F3NO4S. The number of sulfonamides is 1. The molecule has 0 unspecified atom stereocenters. The Balaban J connectivity index is 2.42. The molecule has 0 atom stereocenters. The van der Waals surface area contributed by atoms with Gasteiger partial charge in [-0.05, 0) is 35.2 Å². The molecule has 0 heterocycles. The summed E-state index contributed by atoms with van der Waals surface area (Å²) in [6.07, 6.45) is -3.00. The van der Waals surface area contributed by atoms with Gasteiger partial charge in [-0.25, -0.2) is 13.1 Å². The summed E-state index contributed by atoms with van der Waals surface area (Å²) in [5.74, 6) is -1.42. The molecule has 1 N–H and O–H groups in total. The minimum atomic E-state index is -4.61. The van der Waals surface area contributed by atoms with Crippen molar-refractivity contribution >= 4 is 15.9 Å². The summed E-state index contributed by atoms with van der Waals surface area (Å²) in [6.45, 7) is 0.387. The third-order valence-electron chi connectivity index (χ3n) is 3.59. The van der Waals surface area contributed by atoms with E-state index in [1.807, 2.05) is 19.1 Å². The maximum absolute atomic E-state index is 12.5. The fourth-order valence-corrected chi connectivity index (χ4v) is 2.77. The summed E-state index contributed by atoms with van der Waals surface area (Å²) in [5, 5.41) is 0. The quantitative estimate of drug-likeness (QED) is 0.804. The Kier molecular flexibility index (Phi) is 6.15. The lowest BCUT2D eigenvalue weighted by molar-refractivity contribution is -0.153. The Labute approximate surface area is 155 Å². The van der Waals surface area contributed by atoms with Crippen LogP contribution < -0.4 is 9.46 Å². The van der Waals surface area contributed by atoms with Crippen molar-refractivity contribution in [2.75, 3.05) is 12.9 Å². The number of carbonyl (C=O) groups excluding carboxylic acids is 1. The lowest BCUT2D eigenvalue weighted by Crippen LogP contribution is -2.30. The number of aryl methyl sites for hydroxylation is 1. The molecule has 0 saturated heterocycles. The molecule has 0 aliphatic heterocycles. The molecule has 0 saturated carbocycles. The van der Waals surface area contributed by atoms with Crippen LogP contribution in [0.3, 0.4) is 0 Å². The van der Waals surface area contributed by atoms with Crippen molar-refractivity contribution < 1.29 is 31.1 Å². The first-order valence-electron chi connectivity index (χ1n) is 7.93. The number of alkyl halides is 3. The van der Waals surface area contributed by atoms with Crippen molar-refractivity contribution in [3.8, 4) is 16.9 Å². The molecule has 1 amide bonds. The molecular weight excluding hydrogens is 383 g/mol. The highest BCUT2D eigenvalue weighted by molar-refractivity contribution is 7.89. The first-order valence-corrected chi connectivity index (χ1v) is 9.82. The molecule has 0 spiro atoms. The van der Waals surface area contributed by atoms with Gasteiger partial charge in [0, 0.05) is 0 Å². The lowest BCUT2D eigenvalue weighted by atomic mass is 10.0. The Morgan fingerprint density at radius 1 is 1.07 bits per heavy atom. The first kappa shape index (κ1) is 20.8. The standard InChI is InChI=1S/C18H18F3NO4S/c1-3-12-4-6-13(7-5-12)14-8-9-15(17(23)22-27(2,24)25)16(10-14)26-11-18(19,20)21/h4-10H,3,11H2,1-2H3,(H,22,23). The predicted molar refractivity (Wildman–Crippen MR) is 95.1 cm³/mol. The normalized spacial score (nSPS) is 11.9. The minimum absolute atomic E-state index is 0.307. The maximum atomic E-state index is 12.5. The molecule has 0 bridgehead atoms. The third-order valence-corrected chi connectivity index (χ3v) is 4.15. The van der Waals surface area contributed by atoms with E-state index in [2.05, 4.69) is 0 Å². The smallest absolute Gasteiger partial charge is 0.422 e. The van der Waals surface area contributed by atoms with Crippen molar-refractivity contribution in [2.24, 2.45) is 0 Å². The highest BCUT2D eigenvalue weighted by Gasteiger charge is 2.29. The van der Waals surface area contributed by atoms with Crippen LogP contribution in [0.25, 0.3) is 11.1 Å². The minimum Gasteiger partial charge on any atom is -0.483 e. The molecule has 2 aromatic rings. The number of benzene rings is 2. The van der Waals surface area contributed by atoms with Crippen LogP contribution in [0.15, 0.2) is 42.5 Å². The van der Waals surface area contributed by atoms with Crippen LogP contribution in [-0.2, 0) is 16.4 Å². The molecule has 146 valence electrons. The van der Waals surface area contributed by atoms with Gasteiger partial charge in [-0.3, -0.25) is 4.79 Å². The van der Waals surface area contributed by atoms with Gasteiger partial charge in [0.15, 0.2) is 6.61 Å². The van der Waals surface area contributed by atoms with Crippen LogP contribution in [0.2, 0.25) is 0 Å². The molecule has 0 radical (unpaired) electrons. The largest absolute Gasteiger partial charge is 0.483 e. The second kappa shape index (κ2) is 7.99. The Morgan fingerprint density at radius 2 is 1.67 bits per heavy atom. The molecule has 0 fully saturated rings. The maximum Gasteiger partial charge on any atom is 0.422 e. The molecule has 2 aromatic carbocycles. The highest BCUT2D eigenvalue weighted by atomic mass is 32.2. The van der Waals surface area contributed by atoms with Crippen molar-refractivity contribution in [2.45, 2.75) is 19.5 Å². The van der Waals surface area contributed by atoms with Gasteiger partial charge in [0.25, 0.3) is 5.91 Å². The molecule has 0 aliphatic carbocycles. The van der Waals surface area contributed by atoms with Crippen LogP contribution in [0.4, 0.5) is 13.2 Å². The van der Waals surface area contributed by atoms with E-state index in [1.165, 1.54) is 18.2 Å². The number of hydrogen-bond donors (Lipinski definition) is 1. The monoisotopic (exact) mass is 401 g/mol. The van der Waals surface area contributed by atoms with Gasteiger partial charge < -0.3 is 4.74 Å². The summed E-state index contributed by atoms with van der Waals surface area (Å²) >= 11 is 0. The number of rotatable bonds is 6. The molecule has 27 heavy (non-hydrogen) atoms. The van der Waals surface area contributed by atoms with Gasteiger partial charge in [0.1, 0.15) is 5.75 Å². The number of ether oxygens (including phenoxy) is 1. The second-order valence-electron chi connectivity index (χ2n) is 5.87. The average Bonchev–Trinajstić information content (AvgIpc) is 2.57. The lowest BCUT2D eigenvalue weighted by Gasteiger charge is -2.14. The van der Waals surface area contributed by atoms with Crippen LogP contribution in [0.5, 0.6) is 5.75 Å². The first-order chi connectivity index (χ1) is 12.5. The van der Waals surface area contributed by atoms with Gasteiger partial charge in [-0.2, -0.15) is 13.2 Å². The summed E-state index contributed by atoms with van der Waals surface area (Å²) in [5.41, 5.74) is 2.04. The van der Waals surface area contributed by atoms with E-state index in [9.17, 15) is 26.4 Å². The summed E-state index contributed by atoms with van der Waals surface area (Å²) in [7, 11) is -3.88. The van der Waals surface area contributed by atoms with Gasteiger partial charge in [-0.1, -0.05) is 37.3 Å². The number of amides is 1. The number of hydrogen-bond acceptors (Lipinski definition) is 4. The zero-order valence-corrected chi connectivity index (χ0v) is 15.4. The third kappa shape index (κ3) is 6.28. The van der Waals surface area contributed by atoms with E-state index in [-0.39, 0.29) is 11.3 Å². The number of nitrogens with one attached hydrogen (secondary N) is 1. The Bertz CT molecular complexity index is 923. The van der Waals surface area contributed by atoms with E-state index in [0.29, 0.717) is 5.56 Å². The van der Waals surface area contributed by atoms with E-state index in [0.717, 1.165) is 23.8 Å². The van der Waals surface area contributed by atoms with Crippen LogP contribution in [0.1, 0.15) is 22.8 Å². The summed E-state index contributed by atoms with van der Waals surface area (Å²) in [6, 6.07) is 11.4. The van der Waals surface area contributed by atoms with Crippen LogP contribution in [-0.4, -0.2) is 33.4 Å². The van der Waals surface area contributed by atoms with Gasteiger partial charge in [0.2, 0.25) is 10.0 Å². The summed E-state index contributed by atoms with van der Waals surface area (Å²) < 4.78 is 66.6. The van der Waals surface area contributed by atoms with Gasteiger partial charge in [-0.15, -0.1) is 0 Å². The molecule has 9 heteroatoms. The van der Waals surface area contributed by atoms with Gasteiger partial charge >= 0.3 is 6.18 Å². The zero-order chi connectivity index (χ0) is 20.2. The fourth-order valence-electron chi connectivity index (χ4n) is 2.32. The second-order valence-corrected chi connectivity index (χ2v) is 7.62. The van der Waals surface area contributed by atoms with Crippen LogP contribution in [0, 0.1) is 0 Å². The SMILES string of the molecule is CCc1ccc(-c2ccc(C(=O)NS(C)(=O)=O)c(OCC(F)(F)F)c2)cc1. The van der Waals surface area contributed by atoms with Gasteiger partial charge in [0.05, 0.1) is 11.8 Å². The van der Waals surface area contributed by atoms with Crippen molar-refractivity contribution in [3.05, 3.63) is 53.6 Å². The topological polar surface area (TPSA) is 72.5 Å². The van der Waals surface area contributed by atoms with Crippen molar-refractivity contribution in [3.63, 3.8) is 0 Å².